The Morgan fingerprint density at radius 3 is 2.43 bits per heavy atom. The molecule has 0 saturated carbocycles. The largest absolute Gasteiger partial charge is 0.356 e. The maximum atomic E-state index is 11.8. The molecule has 0 atom stereocenters. The van der Waals surface area contributed by atoms with Gasteiger partial charge < -0.3 is 5.32 Å². The summed E-state index contributed by atoms with van der Waals surface area (Å²) in [5.74, 6) is 0.133. The molecule has 0 aliphatic carbocycles. The number of carbonyl (C=O) groups excluding carboxylic acids is 1. The zero-order valence-corrected chi connectivity index (χ0v) is 15.1. The van der Waals surface area contributed by atoms with Gasteiger partial charge in [-0.3, -0.25) is 4.79 Å². The molecule has 1 N–H and O–H groups in total. The summed E-state index contributed by atoms with van der Waals surface area (Å²) in [6, 6.07) is 10.1. The number of aryl methyl sites for hydroxylation is 1. The lowest BCUT2D eigenvalue weighted by Gasteiger charge is -2.21. The van der Waals surface area contributed by atoms with Crippen LogP contribution < -0.4 is 5.32 Å². The van der Waals surface area contributed by atoms with Gasteiger partial charge in [-0.25, -0.2) is 12.7 Å². The molecule has 0 unspecified atom stereocenters. The summed E-state index contributed by atoms with van der Waals surface area (Å²) in [4.78, 5) is 11.8. The Balaban J connectivity index is 2.27. The van der Waals surface area contributed by atoms with Crippen molar-refractivity contribution in [1.82, 2.24) is 9.62 Å². The topological polar surface area (TPSA) is 66.5 Å². The zero-order chi connectivity index (χ0) is 17.3. The minimum Gasteiger partial charge on any atom is -0.356 e. The number of benzene rings is 1. The molecule has 0 heterocycles. The van der Waals surface area contributed by atoms with E-state index in [2.05, 4.69) is 17.4 Å². The van der Waals surface area contributed by atoms with Gasteiger partial charge in [0.2, 0.25) is 15.9 Å². The molecule has 0 bridgehead atoms. The van der Waals surface area contributed by atoms with Crippen LogP contribution in [0.1, 0.15) is 32.3 Å². The second-order valence-corrected chi connectivity index (χ2v) is 8.19. The molecule has 0 aliphatic rings. The molecular weight excluding hydrogens is 312 g/mol. The van der Waals surface area contributed by atoms with E-state index in [1.807, 2.05) is 32.0 Å². The van der Waals surface area contributed by atoms with Crippen LogP contribution in [0, 0.1) is 5.92 Å². The molecule has 0 fully saturated rings. The van der Waals surface area contributed by atoms with Crippen molar-refractivity contribution in [3.05, 3.63) is 35.9 Å². The Morgan fingerprint density at radius 1 is 1.22 bits per heavy atom. The van der Waals surface area contributed by atoms with Gasteiger partial charge in [0.1, 0.15) is 0 Å². The zero-order valence-electron chi connectivity index (χ0n) is 14.3. The molecule has 1 amide bonds. The first kappa shape index (κ1) is 19.6. The van der Waals surface area contributed by atoms with Gasteiger partial charge in [0.25, 0.3) is 0 Å². The first-order valence-corrected chi connectivity index (χ1v) is 9.89. The Morgan fingerprint density at radius 2 is 1.87 bits per heavy atom. The number of hydrogen-bond acceptors (Lipinski definition) is 3. The van der Waals surface area contributed by atoms with Crippen molar-refractivity contribution in [2.45, 2.75) is 33.1 Å². The summed E-state index contributed by atoms with van der Waals surface area (Å²) in [6.45, 7) is 5.21. The van der Waals surface area contributed by atoms with Gasteiger partial charge in [0, 0.05) is 26.1 Å². The number of nitrogens with zero attached hydrogens (tertiary/aromatic N) is 1. The molecule has 0 aromatic heterocycles. The van der Waals surface area contributed by atoms with Gasteiger partial charge in [-0.05, 0) is 24.3 Å². The standard InChI is InChI=1S/C17H28N2O3S/c1-15(2)14-19(23(3,21)22)13-11-17(20)18-12-7-10-16-8-5-4-6-9-16/h4-6,8-9,15H,7,10-14H2,1-3H3,(H,18,20). The first-order chi connectivity index (χ1) is 10.8. The number of nitrogens with one attached hydrogen (secondary N) is 1. The Bertz CT molecular complexity index is 571. The number of amides is 1. The highest BCUT2D eigenvalue weighted by Crippen LogP contribution is 2.05. The maximum Gasteiger partial charge on any atom is 0.221 e. The van der Waals surface area contributed by atoms with Crippen molar-refractivity contribution in [2.75, 3.05) is 25.9 Å². The third-order valence-electron chi connectivity index (χ3n) is 3.43. The van der Waals surface area contributed by atoms with Crippen LogP contribution in [-0.2, 0) is 21.2 Å². The highest BCUT2D eigenvalue weighted by Gasteiger charge is 2.18. The minimum absolute atomic E-state index is 0.101. The highest BCUT2D eigenvalue weighted by atomic mass is 32.2. The van der Waals surface area contributed by atoms with Crippen molar-refractivity contribution in [3.8, 4) is 0 Å². The summed E-state index contributed by atoms with van der Waals surface area (Å²) in [7, 11) is -3.26. The lowest BCUT2D eigenvalue weighted by atomic mass is 10.1. The molecule has 5 nitrogen and oxygen atoms in total. The molecule has 23 heavy (non-hydrogen) atoms. The average Bonchev–Trinajstić information content (AvgIpc) is 2.47. The monoisotopic (exact) mass is 340 g/mol. The Labute approximate surface area is 140 Å². The van der Waals surface area contributed by atoms with E-state index in [-0.39, 0.29) is 24.8 Å². The van der Waals surface area contributed by atoms with Gasteiger partial charge in [-0.2, -0.15) is 0 Å². The lowest BCUT2D eigenvalue weighted by Crippen LogP contribution is -2.37. The first-order valence-electron chi connectivity index (χ1n) is 8.05. The Hall–Kier alpha value is -1.40. The van der Waals surface area contributed by atoms with E-state index in [0.29, 0.717) is 13.1 Å². The van der Waals surface area contributed by atoms with Gasteiger partial charge in [0.05, 0.1) is 6.26 Å². The smallest absolute Gasteiger partial charge is 0.221 e. The molecule has 1 aromatic carbocycles. The van der Waals surface area contributed by atoms with Crippen LogP contribution in [0.5, 0.6) is 0 Å². The van der Waals surface area contributed by atoms with E-state index < -0.39 is 10.0 Å². The SMILES string of the molecule is CC(C)CN(CCC(=O)NCCCc1ccccc1)S(C)(=O)=O. The van der Waals surface area contributed by atoms with E-state index in [1.165, 1.54) is 16.1 Å². The molecule has 0 spiro atoms. The number of carbonyl (C=O) groups is 1. The summed E-state index contributed by atoms with van der Waals surface area (Å²) >= 11 is 0. The van der Waals surface area contributed by atoms with E-state index >= 15 is 0 Å². The van der Waals surface area contributed by atoms with Crippen LogP contribution in [-0.4, -0.2) is 44.5 Å². The highest BCUT2D eigenvalue weighted by molar-refractivity contribution is 7.88. The average molecular weight is 340 g/mol. The predicted molar refractivity (Wildman–Crippen MR) is 93.6 cm³/mol. The second kappa shape index (κ2) is 9.67. The summed E-state index contributed by atoms with van der Waals surface area (Å²) < 4.78 is 24.8. The third-order valence-corrected chi connectivity index (χ3v) is 4.70. The molecule has 0 aliphatic heterocycles. The fraction of sp³-hybridized carbons (Fsp3) is 0.588. The molecule has 1 rings (SSSR count). The molecule has 130 valence electrons. The molecule has 6 heteroatoms. The number of sulfonamides is 1. The predicted octanol–water partition coefficient (Wildman–Crippen LogP) is 2.04. The summed E-state index contributed by atoms with van der Waals surface area (Å²) in [5, 5.41) is 2.85. The van der Waals surface area contributed by atoms with E-state index in [1.54, 1.807) is 0 Å². The summed E-state index contributed by atoms with van der Waals surface area (Å²) in [6.07, 6.45) is 3.18. The van der Waals surface area contributed by atoms with Crippen LogP contribution in [0.15, 0.2) is 30.3 Å². The fourth-order valence-corrected chi connectivity index (χ4v) is 3.27. The minimum atomic E-state index is -3.26. The van der Waals surface area contributed by atoms with Crippen molar-refractivity contribution in [2.24, 2.45) is 5.92 Å². The fourth-order valence-electron chi connectivity index (χ4n) is 2.28. The lowest BCUT2D eigenvalue weighted by molar-refractivity contribution is -0.121. The van der Waals surface area contributed by atoms with Crippen LogP contribution in [0.2, 0.25) is 0 Å². The quantitative estimate of drug-likeness (QED) is 0.663. The van der Waals surface area contributed by atoms with E-state index in [4.69, 9.17) is 0 Å². The van der Waals surface area contributed by atoms with Gasteiger partial charge in [-0.15, -0.1) is 0 Å². The Kier molecular flexibility index (Phi) is 8.26. The summed E-state index contributed by atoms with van der Waals surface area (Å²) in [5.41, 5.74) is 1.25. The van der Waals surface area contributed by atoms with Gasteiger partial charge in [-0.1, -0.05) is 44.2 Å². The van der Waals surface area contributed by atoms with E-state index in [9.17, 15) is 13.2 Å². The molecule has 0 saturated heterocycles. The second-order valence-electron chi connectivity index (χ2n) is 6.20. The van der Waals surface area contributed by atoms with Gasteiger partial charge >= 0.3 is 0 Å². The number of hydrogen-bond donors (Lipinski definition) is 1. The molecule has 0 radical (unpaired) electrons. The molecule has 1 aromatic rings. The number of rotatable bonds is 10. The van der Waals surface area contributed by atoms with Crippen molar-refractivity contribution >= 4 is 15.9 Å². The van der Waals surface area contributed by atoms with Crippen LogP contribution in [0.25, 0.3) is 0 Å². The van der Waals surface area contributed by atoms with Crippen LogP contribution in [0.4, 0.5) is 0 Å². The molecular formula is C17H28N2O3S. The van der Waals surface area contributed by atoms with Crippen molar-refractivity contribution in [3.63, 3.8) is 0 Å². The van der Waals surface area contributed by atoms with Crippen molar-refractivity contribution < 1.29 is 13.2 Å². The maximum absolute atomic E-state index is 11.8. The third kappa shape index (κ3) is 8.71. The van der Waals surface area contributed by atoms with Crippen LogP contribution in [0.3, 0.4) is 0 Å². The van der Waals surface area contributed by atoms with Gasteiger partial charge in [0.15, 0.2) is 0 Å². The van der Waals surface area contributed by atoms with Crippen molar-refractivity contribution in [1.29, 1.82) is 0 Å². The van der Waals surface area contributed by atoms with Crippen LogP contribution >= 0.6 is 0 Å². The normalized spacial score (nSPS) is 11.9. The van der Waals surface area contributed by atoms with E-state index in [0.717, 1.165) is 12.8 Å².